The first-order valence-corrected chi connectivity index (χ1v) is 5.86. The van der Waals surface area contributed by atoms with Crippen molar-refractivity contribution in [1.82, 2.24) is 0 Å². The van der Waals surface area contributed by atoms with E-state index in [0.717, 1.165) is 30.7 Å². The number of hydrogen-bond donors (Lipinski definition) is 2. The van der Waals surface area contributed by atoms with Gasteiger partial charge in [0.05, 0.1) is 24.9 Å². The number of rotatable bonds is 3. The zero-order valence-corrected chi connectivity index (χ0v) is 10.00. The van der Waals surface area contributed by atoms with E-state index in [2.05, 4.69) is 5.32 Å². The number of halogens is 1. The van der Waals surface area contributed by atoms with Crippen LogP contribution in [0.2, 0.25) is 5.02 Å². The van der Waals surface area contributed by atoms with Crippen LogP contribution in [0, 0.1) is 0 Å². The first-order chi connectivity index (χ1) is 7.70. The quantitative estimate of drug-likeness (QED) is 0.855. The molecule has 0 heterocycles. The van der Waals surface area contributed by atoms with Crippen molar-refractivity contribution in [2.24, 2.45) is 0 Å². The molecule has 2 atom stereocenters. The van der Waals surface area contributed by atoms with Gasteiger partial charge in [-0.15, -0.1) is 0 Å². The van der Waals surface area contributed by atoms with Crippen LogP contribution < -0.4 is 10.1 Å². The number of hydrogen-bond acceptors (Lipinski definition) is 3. The lowest BCUT2D eigenvalue weighted by Gasteiger charge is -2.19. The Morgan fingerprint density at radius 3 is 2.88 bits per heavy atom. The Morgan fingerprint density at radius 2 is 2.25 bits per heavy atom. The van der Waals surface area contributed by atoms with Crippen LogP contribution in [-0.2, 0) is 0 Å². The topological polar surface area (TPSA) is 41.5 Å². The molecular formula is C12H16ClNO2. The summed E-state index contributed by atoms with van der Waals surface area (Å²) in [5, 5.41) is 13.7. The molecule has 0 bridgehead atoms. The number of anilines is 1. The zero-order chi connectivity index (χ0) is 11.5. The maximum atomic E-state index is 9.75. The molecule has 1 fully saturated rings. The van der Waals surface area contributed by atoms with E-state index in [-0.39, 0.29) is 12.1 Å². The average Bonchev–Trinajstić information content (AvgIpc) is 2.65. The van der Waals surface area contributed by atoms with Crippen molar-refractivity contribution in [3.63, 3.8) is 0 Å². The van der Waals surface area contributed by atoms with Crippen molar-refractivity contribution in [2.75, 3.05) is 12.4 Å². The van der Waals surface area contributed by atoms with Crippen molar-refractivity contribution < 1.29 is 9.84 Å². The van der Waals surface area contributed by atoms with E-state index in [4.69, 9.17) is 16.3 Å². The summed E-state index contributed by atoms with van der Waals surface area (Å²) in [5.41, 5.74) is 0.848. The van der Waals surface area contributed by atoms with Crippen LogP contribution in [0.4, 0.5) is 5.69 Å². The van der Waals surface area contributed by atoms with E-state index in [9.17, 15) is 5.11 Å². The fourth-order valence-corrected chi connectivity index (χ4v) is 2.27. The maximum Gasteiger partial charge on any atom is 0.142 e. The molecule has 16 heavy (non-hydrogen) atoms. The van der Waals surface area contributed by atoms with Crippen molar-refractivity contribution in [3.05, 3.63) is 23.2 Å². The van der Waals surface area contributed by atoms with Crippen molar-refractivity contribution in [2.45, 2.75) is 31.4 Å². The second kappa shape index (κ2) is 4.93. The number of benzene rings is 1. The Morgan fingerprint density at radius 1 is 1.44 bits per heavy atom. The summed E-state index contributed by atoms with van der Waals surface area (Å²) >= 11 is 5.94. The Balaban J connectivity index is 2.16. The van der Waals surface area contributed by atoms with Gasteiger partial charge in [-0.05, 0) is 37.5 Å². The Hall–Kier alpha value is -0.930. The molecule has 0 unspecified atom stereocenters. The standard InChI is InChI=1S/C12H16ClNO2/c1-16-12-6-5-8(13)7-10(12)14-9-3-2-4-11(9)15/h5-7,9,11,14-15H,2-4H2,1H3/t9-,11-/m1/s1. The van der Waals surface area contributed by atoms with Gasteiger partial charge in [0.1, 0.15) is 5.75 Å². The molecule has 88 valence electrons. The first-order valence-electron chi connectivity index (χ1n) is 5.49. The fraction of sp³-hybridized carbons (Fsp3) is 0.500. The molecule has 0 aliphatic heterocycles. The zero-order valence-electron chi connectivity index (χ0n) is 9.24. The third kappa shape index (κ3) is 2.42. The number of methoxy groups -OCH3 is 1. The van der Waals surface area contributed by atoms with Crippen LogP contribution in [0.25, 0.3) is 0 Å². The Kier molecular flexibility index (Phi) is 3.56. The van der Waals surface area contributed by atoms with Crippen LogP contribution in [0.5, 0.6) is 5.75 Å². The molecule has 3 nitrogen and oxygen atoms in total. The normalized spacial score (nSPS) is 24.4. The average molecular weight is 242 g/mol. The molecule has 1 aromatic rings. The van der Waals surface area contributed by atoms with Gasteiger partial charge in [-0.3, -0.25) is 0 Å². The summed E-state index contributed by atoms with van der Waals surface area (Å²) in [6.45, 7) is 0. The van der Waals surface area contributed by atoms with Crippen LogP contribution in [-0.4, -0.2) is 24.4 Å². The van der Waals surface area contributed by atoms with Gasteiger partial charge in [-0.1, -0.05) is 11.6 Å². The minimum atomic E-state index is -0.274. The lowest BCUT2D eigenvalue weighted by molar-refractivity contribution is 0.171. The molecule has 0 aromatic heterocycles. The smallest absolute Gasteiger partial charge is 0.142 e. The number of aliphatic hydroxyl groups excluding tert-OH is 1. The number of nitrogens with one attached hydrogen (secondary N) is 1. The van der Waals surface area contributed by atoms with Gasteiger partial charge in [0.2, 0.25) is 0 Å². The van der Waals surface area contributed by atoms with Gasteiger partial charge in [-0.2, -0.15) is 0 Å². The van der Waals surface area contributed by atoms with Crippen LogP contribution >= 0.6 is 11.6 Å². The van der Waals surface area contributed by atoms with Gasteiger partial charge in [-0.25, -0.2) is 0 Å². The summed E-state index contributed by atoms with van der Waals surface area (Å²) in [6, 6.07) is 5.54. The Labute approximate surface area is 100 Å². The fourth-order valence-electron chi connectivity index (χ4n) is 2.10. The molecule has 4 heteroatoms. The van der Waals surface area contributed by atoms with E-state index in [1.807, 2.05) is 12.1 Å². The second-order valence-electron chi connectivity index (χ2n) is 4.09. The molecule has 1 aromatic carbocycles. The highest BCUT2D eigenvalue weighted by Gasteiger charge is 2.25. The van der Waals surface area contributed by atoms with Gasteiger partial charge in [0, 0.05) is 5.02 Å². The molecule has 2 rings (SSSR count). The molecule has 0 spiro atoms. The predicted octanol–water partition coefficient (Wildman–Crippen LogP) is 2.67. The lowest BCUT2D eigenvalue weighted by Crippen LogP contribution is -2.28. The third-order valence-electron chi connectivity index (χ3n) is 2.98. The molecule has 1 aliphatic carbocycles. The van der Waals surface area contributed by atoms with Crippen LogP contribution in [0.3, 0.4) is 0 Å². The highest BCUT2D eigenvalue weighted by atomic mass is 35.5. The van der Waals surface area contributed by atoms with Gasteiger partial charge < -0.3 is 15.2 Å². The third-order valence-corrected chi connectivity index (χ3v) is 3.22. The van der Waals surface area contributed by atoms with Crippen LogP contribution in [0.15, 0.2) is 18.2 Å². The van der Waals surface area contributed by atoms with E-state index in [0.29, 0.717) is 5.02 Å². The molecule has 1 saturated carbocycles. The van der Waals surface area contributed by atoms with Crippen molar-refractivity contribution >= 4 is 17.3 Å². The first kappa shape index (κ1) is 11.6. The number of ether oxygens (including phenoxy) is 1. The van der Waals surface area contributed by atoms with Crippen molar-refractivity contribution in [1.29, 1.82) is 0 Å². The van der Waals surface area contributed by atoms with E-state index >= 15 is 0 Å². The highest BCUT2D eigenvalue weighted by molar-refractivity contribution is 6.30. The summed E-state index contributed by atoms with van der Waals surface area (Å²) < 4.78 is 5.24. The summed E-state index contributed by atoms with van der Waals surface area (Å²) in [7, 11) is 1.62. The SMILES string of the molecule is COc1ccc(Cl)cc1N[C@@H]1CCC[C@H]1O. The van der Waals surface area contributed by atoms with E-state index < -0.39 is 0 Å². The largest absolute Gasteiger partial charge is 0.495 e. The second-order valence-corrected chi connectivity index (χ2v) is 4.53. The van der Waals surface area contributed by atoms with Gasteiger partial charge >= 0.3 is 0 Å². The monoisotopic (exact) mass is 241 g/mol. The number of aliphatic hydroxyl groups is 1. The van der Waals surface area contributed by atoms with Crippen LogP contribution in [0.1, 0.15) is 19.3 Å². The van der Waals surface area contributed by atoms with E-state index in [1.165, 1.54) is 0 Å². The Bertz CT molecular complexity index is 370. The molecule has 0 saturated heterocycles. The highest BCUT2D eigenvalue weighted by Crippen LogP contribution is 2.31. The summed E-state index contributed by atoms with van der Waals surface area (Å²) in [6.07, 6.45) is 2.63. The molecule has 0 amide bonds. The van der Waals surface area contributed by atoms with E-state index in [1.54, 1.807) is 13.2 Å². The summed E-state index contributed by atoms with van der Waals surface area (Å²) in [5.74, 6) is 0.753. The summed E-state index contributed by atoms with van der Waals surface area (Å²) in [4.78, 5) is 0. The minimum Gasteiger partial charge on any atom is -0.495 e. The molecule has 2 N–H and O–H groups in total. The molecular weight excluding hydrogens is 226 g/mol. The van der Waals surface area contributed by atoms with Gasteiger partial charge in [0.25, 0.3) is 0 Å². The molecule has 1 aliphatic rings. The van der Waals surface area contributed by atoms with Gasteiger partial charge in [0.15, 0.2) is 0 Å². The predicted molar refractivity (Wildman–Crippen MR) is 65.3 cm³/mol. The lowest BCUT2D eigenvalue weighted by atomic mass is 10.2. The molecule has 0 radical (unpaired) electrons. The minimum absolute atomic E-state index is 0.104. The van der Waals surface area contributed by atoms with Crippen molar-refractivity contribution in [3.8, 4) is 5.75 Å². The maximum absolute atomic E-state index is 9.75.